The minimum Gasteiger partial charge on any atom is -0.449 e. The average molecular weight is 611 g/mol. The van der Waals surface area contributed by atoms with E-state index in [2.05, 4.69) is 10.3 Å². The SMILES string of the molecule is COC1COCCC1NC1CC2CN(C(=O)OCC3CCOCC3)CC2(C(=O)N2CCc3ncc(C(F)(F)F)cc3C2)C1. The molecule has 0 spiro atoms. The first-order valence-corrected chi connectivity index (χ1v) is 15.4. The van der Waals surface area contributed by atoms with Gasteiger partial charge in [-0.05, 0) is 55.6 Å². The Morgan fingerprint density at radius 1 is 1.16 bits per heavy atom. The lowest BCUT2D eigenvalue weighted by Gasteiger charge is -2.37. The Kier molecular flexibility index (Phi) is 8.87. The number of nitrogens with one attached hydrogen (secondary N) is 1. The van der Waals surface area contributed by atoms with Gasteiger partial charge in [-0.15, -0.1) is 0 Å². The normalized spacial score (nSPS) is 31.5. The number of hydrogen-bond donors (Lipinski definition) is 1. The minimum absolute atomic E-state index is 0.0330. The molecule has 10 nitrogen and oxygen atoms in total. The highest BCUT2D eigenvalue weighted by Crippen LogP contribution is 2.51. The van der Waals surface area contributed by atoms with E-state index < -0.39 is 23.2 Å². The van der Waals surface area contributed by atoms with E-state index in [-0.39, 0.29) is 49.0 Å². The number of likely N-dealkylation sites (tertiary alicyclic amines) is 1. The van der Waals surface area contributed by atoms with Gasteiger partial charge in [-0.25, -0.2) is 4.79 Å². The summed E-state index contributed by atoms with van der Waals surface area (Å²) in [6, 6.07) is 1.23. The number of halogens is 3. The zero-order valence-corrected chi connectivity index (χ0v) is 24.6. The molecule has 0 aromatic carbocycles. The van der Waals surface area contributed by atoms with Gasteiger partial charge in [-0.2, -0.15) is 13.2 Å². The van der Waals surface area contributed by atoms with Crippen LogP contribution in [-0.2, 0) is 42.9 Å². The summed E-state index contributed by atoms with van der Waals surface area (Å²) < 4.78 is 62.6. The monoisotopic (exact) mass is 610 g/mol. The van der Waals surface area contributed by atoms with Gasteiger partial charge in [0.05, 0.1) is 30.3 Å². The molecule has 1 saturated carbocycles. The highest BCUT2D eigenvalue weighted by molar-refractivity contribution is 5.86. The summed E-state index contributed by atoms with van der Waals surface area (Å²) in [5, 5.41) is 3.72. The Morgan fingerprint density at radius 2 is 1.95 bits per heavy atom. The molecule has 1 aliphatic carbocycles. The molecule has 4 aliphatic heterocycles. The average Bonchev–Trinajstić information content (AvgIpc) is 3.54. The molecule has 1 aromatic heterocycles. The molecule has 5 aliphatic rings. The topological polar surface area (TPSA) is 102 Å². The number of carbonyl (C=O) groups excluding carboxylic acids is 2. The molecule has 1 N–H and O–H groups in total. The predicted octanol–water partition coefficient (Wildman–Crippen LogP) is 3.02. The molecule has 238 valence electrons. The number of aromatic nitrogens is 1. The van der Waals surface area contributed by atoms with Crippen molar-refractivity contribution in [2.45, 2.75) is 69.4 Å². The largest absolute Gasteiger partial charge is 0.449 e. The molecule has 5 atom stereocenters. The highest BCUT2D eigenvalue weighted by Gasteiger charge is 2.60. The number of nitrogens with zero attached hydrogens (tertiary/aromatic N) is 3. The van der Waals surface area contributed by atoms with E-state index in [1.165, 1.54) is 0 Å². The Morgan fingerprint density at radius 3 is 2.72 bits per heavy atom. The lowest BCUT2D eigenvalue weighted by atomic mass is 9.78. The number of pyridine rings is 1. The summed E-state index contributed by atoms with van der Waals surface area (Å²) in [4.78, 5) is 35.1. The van der Waals surface area contributed by atoms with Gasteiger partial charge in [0.2, 0.25) is 5.91 Å². The summed E-state index contributed by atoms with van der Waals surface area (Å²) in [5.74, 6) is 0.0515. The second-order valence-electron chi connectivity index (χ2n) is 12.7. The molecule has 0 bridgehead atoms. The molecule has 6 rings (SSSR count). The molecule has 3 saturated heterocycles. The second-order valence-corrected chi connectivity index (χ2v) is 12.7. The van der Waals surface area contributed by atoms with Crippen molar-refractivity contribution in [3.05, 3.63) is 29.1 Å². The van der Waals surface area contributed by atoms with Crippen LogP contribution in [0.3, 0.4) is 0 Å². The Bertz CT molecular complexity index is 1180. The number of ether oxygens (including phenoxy) is 4. The van der Waals surface area contributed by atoms with Gasteiger partial charge in [0.25, 0.3) is 0 Å². The van der Waals surface area contributed by atoms with Crippen LogP contribution in [-0.4, -0.2) is 105 Å². The van der Waals surface area contributed by atoms with Gasteiger partial charge in [-0.1, -0.05) is 0 Å². The lowest BCUT2D eigenvalue weighted by Crippen LogP contribution is -2.52. The highest BCUT2D eigenvalue weighted by atomic mass is 19.4. The molecule has 4 fully saturated rings. The van der Waals surface area contributed by atoms with Gasteiger partial charge in [-0.3, -0.25) is 9.78 Å². The minimum atomic E-state index is -4.51. The van der Waals surface area contributed by atoms with Crippen molar-refractivity contribution in [1.29, 1.82) is 0 Å². The van der Waals surface area contributed by atoms with Gasteiger partial charge < -0.3 is 34.1 Å². The molecule has 13 heteroatoms. The van der Waals surface area contributed by atoms with Crippen LogP contribution in [0.15, 0.2) is 12.3 Å². The number of rotatable bonds is 6. The van der Waals surface area contributed by atoms with Crippen molar-refractivity contribution >= 4 is 12.0 Å². The zero-order valence-electron chi connectivity index (χ0n) is 24.6. The number of fused-ring (bicyclic) bond motifs is 2. The van der Waals surface area contributed by atoms with Gasteiger partial charge in [0.1, 0.15) is 0 Å². The standard InChI is InChI=1S/C30H41F3N4O6/c1-40-26-17-42-9-5-25(26)35-23-11-22-15-37(28(39)43-16-19-3-7-41-8-4-19)18-29(22,12-23)27(38)36-6-2-24-20(14-36)10-21(13-34-24)30(31,32)33/h10,13,19,22-23,25-26,35H,2-9,11-12,14-18H2,1H3. The lowest BCUT2D eigenvalue weighted by molar-refractivity contribution is -0.144. The zero-order chi connectivity index (χ0) is 30.2. The van der Waals surface area contributed by atoms with E-state index in [4.69, 9.17) is 18.9 Å². The number of amides is 2. The first-order chi connectivity index (χ1) is 20.7. The Labute approximate surface area is 249 Å². The van der Waals surface area contributed by atoms with E-state index in [0.717, 1.165) is 31.5 Å². The Hall–Kier alpha value is -2.48. The van der Waals surface area contributed by atoms with Crippen LogP contribution in [0.2, 0.25) is 0 Å². The third-order valence-corrected chi connectivity index (χ3v) is 10.1. The van der Waals surface area contributed by atoms with Crippen molar-refractivity contribution in [3.63, 3.8) is 0 Å². The van der Waals surface area contributed by atoms with E-state index in [0.29, 0.717) is 76.6 Å². The molecule has 5 unspecified atom stereocenters. The van der Waals surface area contributed by atoms with Crippen molar-refractivity contribution in [1.82, 2.24) is 20.1 Å². The maximum Gasteiger partial charge on any atom is 0.417 e. The summed E-state index contributed by atoms with van der Waals surface area (Å²) in [5.41, 5.74) is -0.654. The first kappa shape index (κ1) is 30.5. The fraction of sp³-hybridized carbons (Fsp3) is 0.767. The molecule has 1 aromatic rings. The van der Waals surface area contributed by atoms with Crippen LogP contribution in [0.5, 0.6) is 0 Å². The first-order valence-electron chi connectivity index (χ1n) is 15.4. The van der Waals surface area contributed by atoms with E-state index >= 15 is 0 Å². The molecular formula is C30H41F3N4O6. The second kappa shape index (κ2) is 12.5. The molecular weight excluding hydrogens is 569 g/mol. The smallest absolute Gasteiger partial charge is 0.417 e. The number of hydrogen-bond acceptors (Lipinski definition) is 8. The van der Waals surface area contributed by atoms with E-state index in [1.807, 2.05) is 0 Å². The molecule has 43 heavy (non-hydrogen) atoms. The van der Waals surface area contributed by atoms with Gasteiger partial charge in [0, 0.05) is 83.5 Å². The number of methoxy groups -OCH3 is 1. The van der Waals surface area contributed by atoms with Crippen molar-refractivity contribution in [2.75, 3.05) is 59.8 Å². The van der Waals surface area contributed by atoms with Crippen molar-refractivity contribution in [2.24, 2.45) is 17.3 Å². The maximum atomic E-state index is 14.4. The van der Waals surface area contributed by atoms with Crippen LogP contribution >= 0.6 is 0 Å². The fourth-order valence-electron chi connectivity index (χ4n) is 7.67. The predicted molar refractivity (Wildman–Crippen MR) is 147 cm³/mol. The third-order valence-electron chi connectivity index (χ3n) is 10.1. The van der Waals surface area contributed by atoms with Crippen LogP contribution in [0.25, 0.3) is 0 Å². The van der Waals surface area contributed by atoms with Crippen molar-refractivity contribution < 1.29 is 41.7 Å². The molecule has 2 amide bonds. The fourth-order valence-corrected chi connectivity index (χ4v) is 7.67. The van der Waals surface area contributed by atoms with Gasteiger partial charge in [0.15, 0.2) is 0 Å². The van der Waals surface area contributed by atoms with Crippen molar-refractivity contribution in [3.8, 4) is 0 Å². The van der Waals surface area contributed by atoms with Crippen LogP contribution in [0, 0.1) is 17.3 Å². The van der Waals surface area contributed by atoms with E-state index in [1.54, 1.807) is 16.9 Å². The third kappa shape index (κ3) is 6.36. The van der Waals surface area contributed by atoms with Gasteiger partial charge >= 0.3 is 12.3 Å². The summed E-state index contributed by atoms with van der Waals surface area (Å²) in [6.07, 6.45) is -0.0453. The molecule has 0 radical (unpaired) electrons. The maximum absolute atomic E-state index is 14.4. The summed E-state index contributed by atoms with van der Waals surface area (Å²) >= 11 is 0. The van der Waals surface area contributed by atoms with Crippen LogP contribution in [0.1, 0.15) is 48.9 Å². The summed E-state index contributed by atoms with van der Waals surface area (Å²) in [7, 11) is 1.67. The van der Waals surface area contributed by atoms with Crippen LogP contribution < -0.4 is 5.32 Å². The Balaban J connectivity index is 1.19. The van der Waals surface area contributed by atoms with E-state index in [9.17, 15) is 22.8 Å². The number of carbonyl (C=O) groups is 2. The molecule has 5 heterocycles. The van der Waals surface area contributed by atoms with Crippen LogP contribution in [0.4, 0.5) is 18.0 Å². The quantitative estimate of drug-likeness (QED) is 0.525. The summed E-state index contributed by atoms with van der Waals surface area (Å²) in [6.45, 7) is 3.86. The number of alkyl halides is 3.